The molecule has 0 unspecified atom stereocenters. The van der Waals surface area contributed by atoms with E-state index in [2.05, 4.69) is 29.3 Å². The maximum atomic E-state index is 12.7. The van der Waals surface area contributed by atoms with Crippen molar-refractivity contribution in [3.8, 4) is 5.75 Å². The predicted octanol–water partition coefficient (Wildman–Crippen LogP) is 4.33. The van der Waals surface area contributed by atoms with E-state index in [0.717, 1.165) is 49.4 Å². The molecule has 0 radical (unpaired) electrons. The van der Waals surface area contributed by atoms with Crippen LogP contribution in [-0.4, -0.2) is 48.3 Å². The van der Waals surface area contributed by atoms with E-state index in [1.807, 2.05) is 60.7 Å². The minimum Gasteiger partial charge on any atom is -0.484 e. The second-order valence-corrected chi connectivity index (χ2v) is 9.62. The summed E-state index contributed by atoms with van der Waals surface area (Å²) in [6.45, 7) is 4.66. The highest BCUT2D eigenvalue weighted by molar-refractivity contribution is 5.78. The zero-order valence-corrected chi connectivity index (χ0v) is 20.0. The quantitative estimate of drug-likeness (QED) is 0.536. The van der Waals surface area contributed by atoms with E-state index < -0.39 is 12.1 Å². The minimum absolute atomic E-state index is 0.0859. The second-order valence-electron chi connectivity index (χ2n) is 9.62. The number of para-hydroxylation sites is 1. The van der Waals surface area contributed by atoms with Crippen molar-refractivity contribution in [1.29, 1.82) is 0 Å². The van der Waals surface area contributed by atoms with Gasteiger partial charge in [-0.2, -0.15) is 0 Å². The average Bonchev–Trinajstić information content (AvgIpc) is 3.46. The third-order valence-electron chi connectivity index (χ3n) is 7.30. The SMILES string of the molecule is C/C(=C\c1ccco1)CN1CCC2(CC1)c1ccccc1[C@@H](NC(=O)COc1ccccc1)[C@@H]2O. The number of nitrogens with one attached hydrogen (secondary N) is 1. The first-order chi connectivity index (χ1) is 17.0. The summed E-state index contributed by atoms with van der Waals surface area (Å²) in [5, 5.41) is 14.6. The molecule has 3 aromatic rings. The van der Waals surface area contributed by atoms with Gasteiger partial charge in [0.15, 0.2) is 6.61 Å². The molecule has 2 heterocycles. The fourth-order valence-corrected chi connectivity index (χ4v) is 5.60. The average molecular weight is 473 g/mol. The maximum Gasteiger partial charge on any atom is 0.258 e. The molecule has 1 spiro atoms. The van der Waals surface area contributed by atoms with Gasteiger partial charge in [0.25, 0.3) is 5.91 Å². The highest BCUT2D eigenvalue weighted by atomic mass is 16.5. The molecule has 6 heteroatoms. The Bertz CT molecular complexity index is 1160. The van der Waals surface area contributed by atoms with Crippen molar-refractivity contribution in [2.45, 2.75) is 37.3 Å². The fraction of sp³-hybridized carbons (Fsp3) is 0.345. The summed E-state index contributed by atoms with van der Waals surface area (Å²) >= 11 is 0. The van der Waals surface area contributed by atoms with Crippen LogP contribution >= 0.6 is 0 Å². The van der Waals surface area contributed by atoms with Crippen molar-refractivity contribution in [2.75, 3.05) is 26.2 Å². The van der Waals surface area contributed by atoms with E-state index in [9.17, 15) is 9.90 Å². The summed E-state index contributed by atoms with van der Waals surface area (Å²) in [6.07, 6.45) is 4.76. The van der Waals surface area contributed by atoms with Crippen LogP contribution in [0.15, 0.2) is 83.0 Å². The summed E-state index contributed by atoms with van der Waals surface area (Å²) in [5.41, 5.74) is 3.05. The van der Waals surface area contributed by atoms with Gasteiger partial charge >= 0.3 is 0 Å². The highest BCUT2D eigenvalue weighted by Gasteiger charge is 2.52. The minimum atomic E-state index is -0.678. The normalized spacial score (nSPS) is 21.6. The molecule has 1 saturated heterocycles. The number of carbonyl (C=O) groups excluding carboxylic acids is 1. The van der Waals surface area contributed by atoms with Crippen molar-refractivity contribution in [2.24, 2.45) is 0 Å². The molecular formula is C29H32N2O4. The van der Waals surface area contributed by atoms with Gasteiger partial charge < -0.3 is 19.6 Å². The number of nitrogens with zero attached hydrogens (tertiary/aromatic N) is 1. The molecule has 1 aliphatic carbocycles. The van der Waals surface area contributed by atoms with E-state index in [4.69, 9.17) is 9.15 Å². The monoisotopic (exact) mass is 472 g/mol. The molecule has 5 rings (SSSR count). The maximum absolute atomic E-state index is 12.7. The Kier molecular flexibility index (Phi) is 6.75. The van der Waals surface area contributed by atoms with Gasteiger partial charge in [-0.05, 0) is 74.3 Å². The number of fused-ring (bicyclic) bond motifs is 2. The standard InChI is InChI=1S/C29H32N2O4/c1-21(18-23-10-7-17-34-23)19-31-15-13-29(14-16-31)25-12-6-5-11-24(25)27(28(29)33)30-26(32)20-35-22-8-3-2-4-9-22/h2-12,17-18,27-28,33H,13-16,19-20H2,1H3,(H,30,32)/b21-18+/t27-,28+/m1/s1. The third-order valence-corrected chi connectivity index (χ3v) is 7.30. The Labute approximate surface area is 206 Å². The van der Waals surface area contributed by atoms with E-state index in [-0.39, 0.29) is 17.9 Å². The van der Waals surface area contributed by atoms with Crippen LogP contribution in [0.5, 0.6) is 5.75 Å². The highest BCUT2D eigenvalue weighted by Crippen LogP contribution is 2.50. The van der Waals surface area contributed by atoms with E-state index >= 15 is 0 Å². The van der Waals surface area contributed by atoms with Gasteiger partial charge in [-0.1, -0.05) is 48.0 Å². The number of hydrogen-bond donors (Lipinski definition) is 2. The largest absolute Gasteiger partial charge is 0.484 e. The van der Waals surface area contributed by atoms with Crippen molar-refractivity contribution in [3.05, 3.63) is 95.5 Å². The lowest BCUT2D eigenvalue weighted by atomic mass is 9.72. The van der Waals surface area contributed by atoms with Crippen LogP contribution < -0.4 is 10.1 Å². The number of benzene rings is 2. The molecule has 2 aromatic carbocycles. The van der Waals surface area contributed by atoms with Gasteiger partial charge in [0.2, 0.25) is 0 Å². The molecule has 1 fully saturated rings. The van der Waals surface area contributed by atoms with Crippen molar-refractivity contribution in [3.63, 3.8) is 0 Å². The number of rotatable bonds is 7. The van der Waals surface area contributed by atoms with Crippen molar-refractivity contribution < 1.29 is 19.1 Å². The van der Waals surface area contributed by atoms with Crippen molar-refractivity contribution >= 4 is 12.0 Å². The van der Waals surface area contributed by atoms with Gasteiger partial charge in [-0.15, -0.1) is 0 Å². The number of piperidine rings is 1. The topological polar surface area (TPSA) is 74.9 Å². The van der Waals surface area contributed by atoms with Gasteiger partial charge in [-0.3, -0.25) is 9.69 Å². The van der Waals surface area contributed by atoms with E-state index in [1.54, 1.807) is 6.26 Å². The predicted molar refractivity (Wildman–Crippen MR) is 135 cm³/mol. The summed E-state index contributed by atoms with van der Waals surface area (Å²) in [4.78, 5) is 15.2. The van der Waals surface area contributed by atoms with Crippen LogP contribution in [0.3, 0.4) is 0 Å². The number of aliphatic hydroxyl groups is 1. The fourth-order valence-electron chi connectivity index (χ4n) is 5.60. The Hall–Kier alpha value is -3.35. The third kappa shape index (κ3) is 4.90. The van der Waals surface area contributed by atoms with Gasteiger partial charge in [-0.25, -0.2) is 0 Å². The van der Waals surface area contributed by atoms with Crippen LogP contribution in [0.25, 0.3) is 6.08 Å². The summed E-state index contributed by atoms with van der Waals surface area (Å²) in [7, 11) is 0. The Morgan fingerprint density at radius 3 is 2.60 bits per heavy atom. The molecule has 182 valence electrons. The Morgan fingerprint density at radius 1 is 1.11 bits per heavy atom. The number of furan rings is 1. The molecule has 2 N–H and O–H groups in total. The number of ether oxygens (including phenoxy) is 1. The summed E-state index contributed by atoms with van der Waals surface area (Å²) < 4.78 is 11.1. The molecule has 0 saturated carbocycles. The summed E-state index contributed by atoms with van der Waals surface area (Å²) in [5.74, 6) is 1.28. The Balaban J connectivity index is 1.25. The van der Waals surface area contributed by atoms with Gasteiger partial charge in [0, 0.05) is 12.0 Å². The lowest BCUT2D eigenvalue weighted by Gasteiger charge is -2.43. The number of carbonyl (C=O) groups is 1. The van der Waals surface area contributed by atoms with Crippen LogP contribution in [0.1, 0.15) is 42.7 Å². The lowest BCUT2D eigenvalue weighted by molar-refractivity contribution is -0.125. The van der Waals surface area contributed by atoms with Crippen LogP contribution in [-0.2, 0) is 10.2 Å². The smallest absolute Gasteiger partial charge is 0.258 e. The molecule has 0 bridgehead atoms. The first-order valence-electron chi connectivity index (χ1n) is 12.2. The van der Waals surface area contributed by atoms with Crippen molar-refractivity contribution in [1.82, 2.24) is 10.2 Å². The molecule has 2 aliphatic rings. The molecular weight excluding hydrogens is 440 g/mol. The van der Waals surface area contributed by atoms with Crippen LogP contribution in [0.4, 0.5) is 0 Å². The number of amides is 1. The Morgan fingerprint density at radius 2 is 1.86 bits per heavy atom. The first kappa shape index (κ1) is 23.4. The van der Waals surface area contributed by atoms with Crippen LogP contribution in [0, 0.1) is 0 Å². The van der Waals surface area contributed by atoms with E-state index in [1.165, 1.54) is 5.57 Å². The zero-order chi connectivity index (χ0) is 24.3. The molecule has 2 atom stereocenters. The first-order valence-corrected chi connectivity index (χ1v) is 12.2. The molecule has 1 aromatic heterocycles. The lowest BCUT2D eigenvalue weighted by Crippen LogP contribution is -2.50. The second kappa shape index (κ2) is 10.1. The van der Waals surface area contributed by atoms with Gasteiger partial charge in [0.05, 0.1) is 18.4 Å². The molecule has 1 amide bonds. The molecule has 6 nitrogen and oxygen atoms in total. The van der Waals surface area contributed by atoms with Crippen LogP contribution in [0.2, 0.25) is 0 Å². The number of aliphatic hydroxyl groups excluding tert-OH is 1. The van der Waals surface area contributed by atoms with Gasteiger partial charge in [0.1, 0.15) is 11.5 Å². The molecule has 35 heavy (non-hydrogen) atoms. The molecule has 1 aliphatic heterocycles. The summed E-state index contributed by atoms with van der Waals surface area (Å²) in [6, 6.07) is 20.8. The van der Waals surface area contributed by atoms with E-state index in [0.29, 0.717) is 5.75 Å². The number of hydrogen-bond acceptors (Lipinski definition) is 5. The zero-order valence-electron chi connectivity index (χ0n) is 20.0. The number of likely N-dealkylation sites (tertiary alicyclic amines) is 1.